The second kappa shape index (κ2) is 3.53. The summed E-state index contributed by atoms with van der Waals surface area (Å²) in [5, 5.41) is 9.08. The van der Waals surface area contributed by atoms with Gasteiger partial charge in [-0.3, -0.25) is 9.69 Å². The summed E-state index contributed by atoms with van der Waals surface area (Å²) in [6, 6.07) is 0. The summed E-state index contributed by atoms with van der Waals surface area (Å²) in [6.07, 6.45) is 0.457. The van der Waals surface area contributed by atoms with Gasteiger partial charge in [0.2, 0.25) is 5.91 Å². The molecular weight excluding hydrogens is 216 g/mol. The van der Waals surface area contributed by atoms with Crippen LogP contribution >= 0.6 is 11.8 Å². The average molecular weight is 228 g/mol. The second-order valence-corrected chi connectivity index (χ2v) is 5.13. The molecule has 6 heteroatoms. The number of hydrogen-bond donors (Lipinski definition) is 1. The number of nitrogens with zero attached hydrogens (tertiary/aromatic N) is 2. The van der Waals surface area contributed by atoms with Gasteiger partial charge < -0.3 is 10.0 Å². The molecule has 0 aliphatic carbocycles. The Morgan fingerprint density at radius 1 is 1.67 bits per heavy atom. The lowest BCUT2D eigenvalue weighted by molar-refractivity contribution is -0.145. The largest absolute Gasteiger partial charge is 0.477 e. The molecule has 0 saturated carbocycles. The quantitative estimate of drug-likeness (QED) is 0.697. The minimum absolute atomic E-state index is 0.0264. The van der Waals surface area contributed by atoms with Crippen molar-refractivity contribution in [3.8, 4) is 0 Å². The lowest BCUT2D eigenvalue weighted by Crippen LogP contribution is -2.48. The van der Waals surface area contributed by atoms with Gasteiger partial charge in [-0.15, -0.1) is 11.8 Å². The van der Waals surface area contributed by atoms with Gasteiger partial charge in [-0.25, -0.2) is 4.79 Å². The summed E-state index contributed by atoms with van der Waals surface area (Å²) in [6.45, 7) is 0.576. The van der Waals surface area contributed by atoms with E-state index in [1.54, 1.807) is 0 Å². The van der Waals surface area contributed by atoms with Gasteiger partial charge in [-0.05, 0) is 14.1 Å². The van der Waals surface area contributed by atoms with Crippen LogP contribution < -0.4 is 0 Å². The number of rotatable bonds is 3. The molecule has 2 aliphatic rings. The Morgan fingerprint density at radius 3 is 2.80 bits per heavy atom. The molecule has 0 aromatic carbocycles. The van der Waals surface area contributed by atoms with Gasteiger partial charge in [0.05, 0.1) is 11.8 Å². The zero-order valence-corrected chi connectivity index (χ0v) is 9.37. The minimum Gasteiger partial charge on any atom is -0.477 e. The molecule has 0 spiro atoms. The molecule has 2 rings (SSSR count). The molecular formula is C9H12N2O3S. The smallest absolute Gasteiger partial charge is 0.353 e. The van der Waals surface area contributed by atoms with Crippen molar-refractivity contribution in [1.82, 2.24) is 9.80 Å². The van der Waals surface area contributed by atoms with E-state index in [9.17, 15) is 9.59 Å². The summed E-state index contributed by atoms with van der Waals surface area (Å²) in [5.41, 5.74) is 0.176. The highest BCUT2D eigenvalue weighted by Gasteiger charge is 2.48. The third-order valence-corrected chi connectivity index (χ3v) is 3.61. The fraction of sp³-hybridized carbons (Fsp3) is 0.556. The predicted octanol–water partition coefficient (Wildman–Crippen LogP) is 0.149. The topological polar surface area (TPSA) is 60.9 Å². The van der Waals surface area contributed by atoms with E-state index in [4.69, 9.17) is 5.11 Å². The van der Waals surface area contributed by atoms with Crippen LogP contribution in [-0.2, 0) is 9.59 Å². The fourth-order valence-electron chi connectivity index (χ4n) is 1.73. The van der Waals surface area contributed by atoms with Crippen LogP contribution in [0.1, 0.15) is 6.42 Å². The third kappa shape index (κ3) is 1.63. The van der Waals surface area contributed by atoms with Crippen molar-refractivity contribution in [2.24, 2.45) is 0 Å². The molecule has 1 N–H and O–H groups in total. The minimum atomic E-state index is -1.00. The maximum Gasteiger partial charge on any atom is 0.353 e. The molecule has 5 nitrogen and oxygen atoms in total. The Hall–Kier alpha value is -1.01. The van der Waals surface area contributed by atoms with Crippen molar-refractivity contribution in [3.63, 3.8) is 0 Å². The van der Waals surface area contributed by atoms with Gasteiger partial charge in [0.15, 0.2) is 0 Å². The van der Waals surface area contributed by atoms with E-state index in [1.807, 2.05) is 19.0 Å². The van der Waals surface area contributed by atoms with Crippen molar-refractivity contribution in [3.05, 3.63) is 10.6 Å². The maximum absolute atomic E-state index is 11.3. The van der Waals surface area contributed by atoms with Crippen LogP contribution in [0.25, 0.3) is 0 Å². The highest BCUT2D eigenvalue weighted by molar-refractivity contribution is 8.04. The maximum atomic E-state index is 11.3. The predicted molar refractivity (Wildman–Crippen MR) is 56.1 cm³/mol. The van der Waals surface area contributed by atoms with Crippen LogP contribution in [0.4, 0.5) is 0 Å². The van der Waals surface area contributed by atoms with E-state index >= 15 is 0 Å². The second-order valence-electron chi connectivity index (χ2n) is 3.86. The van der Waals surface area contributed by atoms with Crippen LogP contribution in [0.15, 0.2) is 10.6 Å². The highest BCUT2D eigenvalue weighted by Crippen LogP contribution is 2.45. The van der Waals surface area contributed by atoms with E-state index < -0.39 is 5.97 Å². The Kier molecular flexibility index (Phi) is 2.47. The molecule has 0 aromatic rings. The molecule has 0 bridgehead atoms. The molecule has 1 amide bonds. The molecule has 0 radical (unpaired) electrons. The standard InChI is InChI=1S/C9H12N2O3S/c1-10(2)4-5-8(9(13)14)11-6(12)3-7(11)15-5/h7H,3-4H2,1-2H3,(H,13,14)/t7-/m1/s1. The molecule has 0 unspecified atom stereocenters. The first-order chi connectivity index (χ1) is 7.00. The summed E-state index contributed by atoms with van der Waals surface area (Å²) in [4.78, 5) is 26.4. The van der Waals surface area contributed by atoms with Crippen molar-refractivity contribution in [2.45, 2.75) is 11.8 Å². The number of hydrogen-bond acceptors (Lipinski definition) is 4. The number of fused-ring (bicyclic) bond motifs is 1. The van der Waals surface area contributed by atoms with Gasteiger partial charge in [-0.2, -0.15) is 0 Å². The average Bonchev–Trinajstić information content (AvgIpc) is 2.37. The first-order valence-corrected chi connectivity index (χ1v) is 5.48. The van der Waals surface area contributed by atoms with Gasteiger partial charge in [0, 0.05) is 11.4 Å². The molecule has 1 atom stereocenters. The Labute approximate surface area is 91.7 Å². The van der Waals surface area contributed by atoms with Crippen LogP contribution in [0.2, 0.25) is 0 Å². The van der Waals surface area contributed by atoms with Crippen molar-refractivity contribution in [1.29, 1.82) is 0 Å². The first-order valence-electron chi connectivity index (χ1n) is 4.60. The summed E-state index contributed by atoms with van der Waals surface area (Å²) < 4.78 is 0. The molecule has 82 valence electrons. The van der Waals surface area contributed by atoms with E-state index in [0.717, 1.165) is 4.91 Å². The summed E-state index contributed by atoms with van der Waals surface area (Å²) in [5.74, 6) is -1.09. The Bertz CT molecular complexity index is 364. The molecule has 2 aliphatic heterocycles. The number of thioether (sulfide) groups is 1. The SMILES string of the molecule is CN(C)CC1=C(C(=O)O)N2C(=O)C[C@H]2S1. The molecule has 0 aromatic heterocycles. The van der Waals surface area contributed by atoms with Crippen molar-refractivity contribution < 1.29 is 14.7 Å². The normalized spacial score (nSPS) is 24.6. The number of aliphatic carboxylic acids is 1. The number of carboxylic acid groups (broad SMARTS) is 1. The molecule has 2 heterocycles. The summed E-state index contributed by atoms with van der Waals surface area (Å²) >= 11 is 1.49. The fourth-order valence-corrected chi connectivity index (χ4v) is 3.24. The van der Waals surface area contributed by atoms with Crippen molar-refractivity contribution >= 4 is 23.6 Å². The number of carbonyl (C=O) groups excluding carboxylic acids is 1. The zero-order chi connectivity index (χ0) is 11.2. The Balaban J connectivity index is 2.27. The Morgan fingerprint density at radius 2 is 2.33 bits per heavy atom. The van der Waals surface area contributed by atoms with Crippen LogP contribution in [0.3, 0.4) is 0 Å². The van der Waals surface area contributed by atoms with E-state index in [0.29, 0.717) is 13.0 Å². The molecule has 15 heavy (non-hydrogen) atoms. The van der Waals surface area contributed by atoms with Crippen LogP contribution in [0, 0.1) is 0 Å². The highest BCUT2D eigenvalue weighted by atomic mass is 32.2. The lowest BCUT2D eigenvalue weighted by atomic mass is 10.1. The zero-order valence-electron chi connectivity index (χ0n) is 8.56. The molecule has 1 fully saturated rings. The third-order valence-electron chi connectivity index (χ3n) is 2.35. The number of β-lactam (4-membered cyclic amide) rings is 1. The van der Waals surface area contributed by atoms with Gasteiger partial charge >= 0.3 is 5.97 Å². The number of carbonyl (C=O) groups is 2. The monoisotopic (exact) mass is 228 g/mol. The number of likely N-dealkylation sites (N-methyl/N-ethyl adjacent to an activating group) is 1. The van der Waals surface area contributed by atoms with Crippen molar-refractivity contribution in [2.75, 3.05) is 20.6 Å². The molecule has 1 saturated heterocycles. The lowest BCUT2D eigenvalue weighted by Gasteiger charge is -2.33. The van der Waals surface area contributed by atoms with E-state index in [1.165, 1.54) is 16.7 Å². The van der Waals surface area contributed by atoms with Crippen LogP contribution in [-0.4, -0.2) is 52.8 Å². The van der Waals surface area contributed by atoms with E-state index in [-0.39, 0.29) is 17.0 Å². The van der Waals surface area contributed by atoms with E-state index in [2.05, 4.69) is 0 Å². The number of carboxylic acids is 1. The van der Waals surface area contributed by atoms with Gasteiger partial charge in [0.25, 0.3) is 0 Å². The summed E-state index contributed by atoms with van der Waals surface area (Å²) in [7, 11) is 3.76. The van der Waals surface area contributed by atoms with Gasteiger partial charge in [-0.1, -0.05) is 0 Å². The number of amides is 1. The van der Waals surface area contributed by atoms with Gasteiger partial charge in [0.1, 0.15) is 5.70 Å². The first kappa shape index (κ1) is 10.5. The van der Waals surface area contributed by atoms with Crippen LogP contribution in [0.5, 0.6) is 0 Å².